The predicted octanol–water partition coefficient (Wildman–Crippen LogP) is 5.59. The van der Waals surface area contributed by atoms with E-state index in [2.05, 4.69) is 23.8 Å². The van der Waals surface area contributed by atoms with E-state index in [0.717, 1.165) is 24.8 Å². The van der Waals surface area contributed by atoms with E-state index in [9.17, 15) is 4.39 Å². The van der Waals surface area contributed by atoms with Crippen molar-refractivity contribution in [3.05, 3.63) is 57.9 Å². The van der Waals surface area contributed by atoms with Gasteiger partial charge in [-0.3, -0.25) is 0 Å². The van der Waals surface area contributed by atoms with E-state index in [4.69, 9.17) is 12.2 Å². The minimum atomic E-state index is -0.182. The lowest BCUT2D eigenvalue weighted by Gasteiger charge is -2.25. The van der Waals surface area contributed by atoms with Crippen LogP contribution in [0.5, 0.6) is 0 Å². The number of aromatic nitrogens is 2. The van der Waals surface area contributed by atoms with Crippen molar-refractivity contribution in [3.63, 3.8) is 0 Å². The molecule has 0 spiro atoms. The van der Waals surface area contributed by atoms with Gasteiger partial charge in [-0.2, -0.15) is 0 Å². The molecule has 0 bridgehead atoms. The Balaban J connectivity index is 1.98. The lowest BCUT2D eigenvalue weighted by molar-refractivity contribution is 0.487. The average molecular weight is 316 g/mol. The molecule has 4 heteroatoms. The van der Waals surface area contributed by atoms with Crippen LogP contribution in [0.25, 0.3) is 5.57 Å². The van der Waals surface area contributed by atoms with E-state index < -0.39 is 0 Å². The summed E-state index contributed by atoms with van der Waals surface area (Å²) in [6.07, 6.45) is 5.29. The van der Waals surface area contributed by atoms with Crippen molar-refractivity contribution in [3.8, 4) is 0 Å². The molecule has 0 amide bonds. The number of nitrogens with one attached hydrogen (secondary N) is 2. The topological polar surface area (TPSA) is 31.6 Å². The lowest BCUT2D eigenvalue weighted by Crippen LogP contribution is -2.12. The molecule has 2 nitrogen and oxygen atoms in total. The number of allylic oxidation sites excluding steroid dienone is 2. The maximum absolute atomic E-state index is 13.2. The van der Waals surface area contributed by atoms with Gasteiger partial charge in [0.15, 0.2) is 4.77 Å². The zero-order valence-corrected chi connectivity index (χ0v) is 13.8. The van der Waals surface area contributed by atoms with Gasteiger partial charge in [0.25, 0.3) is 0 Å². The van der Waals surface area contributed by atoms with Gasteiger partial charge in [-0.15, -0.1) is 0 Å². The molecule has 1 aliphatic carbocycles. The van der Waals surface area contributed by atoms with Crippen molar-refractivity contribution in [1.82, 2.24) is 9.97 Å². The van der Waals surface area contributed by atoms with E-state index in [1.807, 2.05) is 18.3 Å². The Morgan fingerprint density at radius 1 is 1.32 bits per heavy atom. The third-order valence-electron chi connectivity index (χ3n) is 4.76. The first kappa shape index (κ1) is 15.2. The molecule has 0 radical (unpaired) electrons. The summed E-state index contributed by atoms with van der Waals surface area (Å²) in [4.78, 5) is 6.35. The Labute approximate surface area is 135 Å². The fourth-order valence-electron chi connectivity index (χ4n) is 3.73. The van der Waals surface area contributed by atoms with Crippen LogP contribution in [0.3, 0.4) is 0 Å². The quantitative estimate of drug-likeness (QED) is 0.708. The van der Waals surface area contributed by atoms with Crippen molar-refractivity contribution < 1.29 is 4.39 Å². The first-order valence-electron chi connectivity index (χ1n) is 7.83. The van der Waals surface area contributed by atoms with Gasteiger partial charge in [0, 0.05) is 17.8 Å². The maximum atomic E-state index is 13.2. The first-order chi connectivity index (χ1) is 10.6. The van der Waals surface area contributed by atoms with Gasteiger partial charge in [0.2, 0.25) is 0 Å². The number of benzene rings is 1. The molecule has 2 N–H and O–H groups in total. The van der Waals surface area contributed by atoms with Gasteiger partial charge < -0.3 is 9.97 Å². The molecule has 1 aromatic carbocycles. The SMILES string of the molecule is CCC(c1c[nH]c(=S)[nH]1)C1CCC(C)=C1c1ccc(F)cc1. The number of rotatable bonds is 4. The molecule has 1 aliphatic rings. The average Bonchev–Trinajstić information content (AvgIpc) is 3.08. The minimum absolute atomic E-state index is 0.182. The van der Waals surface area contributed by atoms with Crippen molar-refractivity contribution in [1.29, 1.82) is 0 Å². The van der Waals surface area contributed by atoms with Crippen molar-refractivity contribution in [2.75, 3.05) is 0 Å². The maximum Gasteiger partial charge on any atom is 0.174 e. The van der Waals surface area contributed by atoms with Crippen LogP contribution in [0.4, 0.5) is 4.39 Å². The van der Waals surface area contributed by atoms with Crippen LogP contribution in [-0.4, -0.2) is 9.97 Å². The molecule has 2 unspecified atom stereocenters. The lowest BCUT2D eigenvalue weighted by atomic mass is 9.80. The highest BCUT2D eigenvalue weighted by Crippen LogP contribution is 2.46. The van der Waals surface area contributed by atoms with Crippen LogP contribution in [-0.2, 0) is 0 Å². The second-order valence-electron chi connectivity index (χ2n) is 6.06. The Hall–Kier alpha value is -1.68. The predicted molar refractivity (Wildman–Crippen MR) is 90.7 cm³/mol. The summed E-state index contributed by atoms with van der Waals surface area (Å²) in [5.41, 5.74) is 5.12. The number of halogens is 1. The number of aromatic amines is 2. The molecule has 1 heterocycles. The number of hydrogen-bond acceptors (Lipinski definition) is 1. The van der Waals surface area contributed by atoms with Gasteiger partial charge in [-0.05, 0) is 67.6 Å². The standard InChI is InChI=1S/C18H21FN2S/c1-3-14(16-10-20-18(22)21-16)15-9-4-11(2)17(15)12-5-7-13(19)8-6-12/h5-8,10,14-15H,3-4,9H2,1-2H3,(H2,20,21,22). The second-order valence-corrected chi connectivity index (χ2v) is 6.47. The van der Waals surface area contributed by atoms with Gasteiger partial charge >= 0.3 is 0 Å². The summed E-state index contributed by atoms with van der Waals surface area (Å²) in [7, 11) is 0. The van der Waals surface area contributed by atoms with Crippen LogP contribution < -0.4 is 0 Å². The van der Waals surface area contributed by atoms with Crippen molar-refractivity contribution >= 4 is 17.8 Å². The molecule has 0 aliphatic heterocycles. The fraction of sp³-hybridized carbons (Fsp3) is 0.389. The molecule has 22 heavy (non-hydrogen) atoms. The highest BCUT2D eigenvalue weighted by Gasteiger charge is 2.32. The van der Waals surface area contributed by atoms with E-state index >= 15 is 0 Å². The third kappa shape index (κ3) is 2.80. The molecule has 0 saturated carbocycles. The van der Waals surface area contributed by atoms with E-state index in [0.29, 0.717) is 16.6 Å². The van der Waals surface area contributed by atoms with Crippen LogP contribution in [0.15, 0.2) is 36.0 Å². The zero-order valence-electron chi connectivity index (χ0n) is 12.9. The Morgan fingerprint density at radius 3 is 2.64 bits per heavy atom. The number of H-pyrrole nitrogens is 2. The van der Waals surface area contributed by atoms with Gasteiger partial charge in [0.1, 0.15) is 5.82 Å². The smallest absolute Gasteiger partial charge is 0.174 e. The summed E-state index contributed by atoms with van der Waals surface area (Å²) in [5.74, 6) is 0.681. The van der Waals surface area contributed by atoms with Crippen LogP contribution in [0, 0.1) is 16.5 Å². The number of imidazole rings is 1. The van der Waals surface area contributed by atoms with E-state index in [1.54, 1.807) is 12.1 Å². The molecular formula is C18H21FN2S. The third-order valence-corrected chi connectivity index (χ3v) is 4.98. The summed E-state index contributed by atoms with van der Waals surface area (Å²) in [6.45, 7) is 4.41. The molecule has 0 fully saturated rings. The fourth-order valence-corrected chi connectivity index (χ4v) is 3.90. The van der Waals surface area contributed by atoms with Crippen LogP contribution in [0.2, 0.25) is 0 Å². The molecule has 3 rings (SSSR count). The molecular weight excluding hydrogens is 295 g/mol. The summed E-state index contributed by atoms with van der Waals surface area (Å²) >= 11 is 5.17. The largest absolute Gasteiger partial charge is 0.337 e. The summed E-state index contributed by atoms with van der Waals surface area (Å²) in [6, 6.07) is 6.91. The van der Waals surface area contributed by atoms with E-state index in [-0.39, 0.29) is 5.82 Å². The Morgan fingerprint density at radius 2 is 2.05 bits per heavy atom. The molecule has 2 aromatic rings. The summed E-state index contributed by atoms with van der Waals surface area (Å²) < 4.78 is 13.9. The summed E-state index contributed by atoms with van der Waals surface area (Å²) in [5, 5.41) is 0. The van der Waals surface area contributed by atoms with Gasteiger partial charge in [0.05, 0.1) is 0 Å². The number of hydrogen-bond donors (Lipinski definition) is 2. The highest BCUT2D eigenvalue weighted by atomic mass is 32.1. The molecule has 1 aromatic heterocycles. The Kier molecular flexibility index (Phi) is 4.30. The molecule has 0 saturated heterocycles. The second kappa shape index (κ2) is 6.21. The van der Waals surface area contributed by atoms with Crippen molar-refractivity contribution in [2.45, 2.75) is 39.0 Å². The first-order valence-corrected chi connectivity index (χ1v) is 8.24. The zero-order chi connectivity index (χ0) is 15.7. The Bertz CT molecular complexity index is 739. The highest BCUT2D eigenvalue weighted by molar-refractivity contribution is 7.71. The van der Waals surface area contributed by atoms with Crippen LogP contribution >= 0.6 is 12.2 Å². The monoisotopic (exact) mass is 316 g/mol. The van der Waals surface area contributed by atoms with E-state index in [1.165, 1.54) is 16.8 Å². The minimum Gasteiger partial charge on any atom is -0.337 e. The van der Waals surface area contributed by atoms with Gasteiger partial charge in [-0.25, -0.2) is 4.39 Å². The molecule has 2 atom stereocenters. The molecule has 116 valence electrons. The van der Waals surface area contributed by atoms with Gasteiger partial charge in [-0.1, -0.05) is 24.6 Å². The van der Waals surface area contributed by atoms with Crippen molar-refractivity contribution in [2.24, 2.45) is 5.92 Å². The normalized spacial score (nSPS) is 19.7. The van der Waals surface area contributed by atoms with Crippen LogP contribution in [0.1, 0.15) is 50.3 Å².